The first kappa shape index (κ1) is 19.0. The maximum Gasteiger partial charge on any atom is 0.311 e. The Kier molecular flexibility index (Phi) is 6.00. The zero-order chi connectivity index (χ0) is 19.3. The van der Waals surface area contributed by atoms with E-state index in [0.29, 0.717) is 0 Å². The smallest absolute Gasteiger partial charge is 0.311 e. The van der Waals surface area contributed by atoms with Gasteiger partial charge in [-0.1, -0.05) is 29.8 Å². The van der Waals surface area contributed by atoms with Crippen LogP contribution in [0.5, 0.6) is 0 Å². The van der Waals surface area contributed by atoms with E-state index in [9.17, 15) is 24.1 Å². The number of benzene rings is 2. The molecule has 0 radical (unpaired) electrons. The summed E-state index contributed by atoms with van der Waals surface area (Å²) in [6.45, 7) is 3.30. The molecular weight excluding hydrogens is 343 g/mol. The molecule has 2 aromatic carbocycles. The molecule has 2 rings (SSSR count). The van der Waals surface area contributed by atoms with Crippen LogP contribution in [0, 0.1) is 22.9 Å². The van der Waals surface area contributed by atoms with Gasteiger partial charge in [0.15, 0.2) is 6.10 Å². The van der Waals surface area contributed by atoms with Gasteiger partial charge in [0.05, 0.1) is 11.3 Å². The normalized spacial score (nSPS) is 11.5. The third kappa shape index (κ3) is 5.10. The zero-order valence-corrected chi connectivity index (χ0v) is 14.2. The summed E-state index contributed by atoms with van der Waals surface area (Å²) in [6, 6.07) is 10.3. The predicted molar refractivity (Wildman–Crippen MR) is 92.1 cm³/mol. The lowest BCUT2D eigenvalue weighted by atomic mass is 10.1. The molecule has 136 valence electrons. The highest BCUT2D eigenvalue weighted by Gasteiger charge is 2.20. The van der Waals surface area contributed by atoms with Crippen molar-refractivity contribution in [2.75, 3.05) is 5.32 Å². The second-order valence-corrected chi connectivity index (χ2v) is 5.71. The highest BCUT2D eigenvalue weighted by molar-refractivity contribution is 5.95. The van der Waals surface area contributed by atoms with Gasteiger partial charge in [-0.3, -0.25) is 19.7 Å². The molecule has 0 aliphatic heterocycles. The number of carbonyl (C=O) groups is 2. The summed E-state index contributed by atoms with van der Waals surface area (Å²) in [6.07, 6.45) is -1.10. The highest BCUT2D eigenvalue weighted by atomic mass is 19.1. The number of nitro benzene ring substituents is 1. The van der Waals surface area contributed by atoms with E-state index in [2.05, 4.69) is 5.32 Å². The minimum Gasteiger partial charge on any atom is -0.452 e. The number of halogens is 1. The van der Waals surface area contributed by atoms with E-state index in [1.165, 1.54) is 13.0 Å². The Hall–Kier alpha value is -3.29. The summed E-state index contributed by atoms with van der Waals surface area (Å²) >= 11 is 0. The van der Waals surface area contributed by atoms with Crippen molar-refractivity contribution >= 4 is 23.3 Å². The maximum absolute atomic E-state index is 13.3. The maximum atomic E-state index is 13.3. The van der Waals surface area contributed by atoms with Gasteiger partial charge in [0, 0.05) is 11.8 Å². The fraction of sp³-hybridized carbons (Fsp3) is 0.222. The molecule has 26 heavy (non-hydrogen) atoms. The van der Waals surface area contributed by atoms with Crippen molar-refractivity contribution in [1.29, 1.82) is 0 Å². The Morgan fingerprint density at radius 3 is 2.50 bits per heavy atom. The number of esters is 1. The van der Waals surface area contributed by atoms with Crippen molar-refractivity contribution in [3.05, 3.63) is 69.5 Å². The molecule has 0 spiro atoms. The van der Waals surface area contributed by atoms with E-state index >= 15 is 0 Å². The van der Waals surface area contributed by atoms with Crippen LogP contribution in [0.15, 0.2) is 42.5 Å². The predicted octanol–water partition coefficient (Wildman–Crippen LogP) is 3.16. The average molecular weight is 360 g/mol. The Bertz CT molecular complexity index is 836. The number of nitro groups is 1. The Balaban J connectivity index is 1.94. The lowest BCUT2D eigenvalue weighted by Crippen LogP contribution is -2.30. The largest absolute Gasteiger partial charge is 0.452 e. The molecule has 2 aromatic rings. The van der Waals surface area contributed by atoms with Gasteiger partial charge >= 0.3 is 11.7 Å². The zero-order valence-electron chi connectivity index (χ0n) is 14.2. The average Bonchev–Trinajstić information content (AvgIpc) is 2.58. The molecule has 0 fully saturated rings. The minimum atomic E-state index is -1.11. The van der Waals surface area contributed by atoms with Gasteiger partial charge in [0.25, 0.3) is 5.91 Å². The molecule has 0 heterocycles. The number of anilines is 1. The first-order chi connectivity index (χ1) is 12.3. The standard InChI is InChI=1S/C18H17FN2O5/c1-11-3-5-13(6-4-11)9-17(22)26-12(2)18(23)20-14-7-8-15(19)16(10-14)21(24)25/h3-8,10,12H,9H2,1-2H3,(H,20,23)/t12-/m1/s1. The van der Waals surface area contributed by atoms with Gasteiger partial charge in [0.1, 0.15) is 0 Å². The van der Waals surface area contributed by atoms with Crippen molar-refractivity contribution in [2.45, 2.75) is 26.4 Å². The number of aryl methyl sites for hydroxylation is 1. The lowest BCUT2D eigenvalue weighted by Gasteiger charge is -2.13. The minimum absolute atomic E-state index is 0.0138. The van der Waals surface area contributed by atoms with E-state index in [1.54, 1.807) is 12.1 Å². The van der Waals surface area contributed by atoms with Gasteiger partial charge < -0.3 is 10.1 Å². The van der Waals surface area contributed by atoms with Crippen LogP contribution >= 0.6 is 0 Å². The lowest BCUT2D eigenvalue weighted by molar-refractivity contribution is -0.387. The molecule has 7 nitrogen and oxygen atoms in total. The van der Waals surface area contributed by atoms with Crippen molar-refractivity contribution in [2.24, 2.45) is 0 Å². The van der Waals surface area contributed by atoms with Crippen molar-refractivity contribution in [1.82, 2.24) is 0 Å². The van der Waals surface area contributed by atoms with Crippen LogP contribution < -0.4 is 5.32 Å². The summed E-state index contributed by atoms with van der Waals surface area (Å²) in [4.78, 5) is 33.8. The van der Waals surface area contributed by atoms with Gasteiger partial charge in [0.2, 0.25) is 5.82 Å². The Labute approximate surface area is 148 Å². The number of ether oxygens (including phenoxy) is 1. The number of hydrogen-bond donors (Lipinski definition) is 1. The molecule has 0 saturated heterocycles. The van der Waals surface area contributed by atoms with Crippen molar-refractivity contribution in [3.8, 4) is 0 Å². The van der Waals surface area contributed by atoms with Crippen LogP contribution in [0.4, 0.5) is 15.8 Å². The summed E-state index contributed by atoms with van der Waals surface area (Å²) < 4.78 is 18.4. The van der Waals surface area contributed by atoms with Gasteiger partial charge in [-0.05, 0) is 31.5 Å². The number of hydrogen-bond acceptors (Lipinski definition) is 5. The highest BCUT2D eigenvalue weighted by Crippen LogP contribution is 2.21. The first-order valence-corrected chi connectivity index (χ1v) is 7.76. The molecule has 0 bridgehead atoms. The summed E-state index contributed by atoms with van der Waals surface area (Å²) in [7, 11) is 0. The molecule has 1 amide bonds. The Morgan fingerprint density at radius 2 is 1.88 bits per heavy atom. The van der Waals surface area contributed by atoms with Crippen molar-refractivity contribution < 1.29 is 23.6 Å². The number of nitrogens with one attached hydrogen (secondary N) is 1. The summed E-state index contributed by atoms with van der Waals surface area (Å²) in [5, 5.41) is 13.1. The molecule has 0 aliphatic rings. The van der Waals surface area contributed by atoms with Crippen LogP contribution in [-0.2, 0) is 20.7 Å². The number of rotatable bonds is 6. The molecule has 8 heteroatoms. The van der Waals surface area contributed by atoms with E-state index in [0.717, 1.165) is 23.3 Å². The molecule has 1 N–H and O–H groups in total. The molecule has 0 aliphatic carbocycles. The van der Waals surface area contributed by atoms with Gasteiger partial charge in [-0.15, -0.1) is 0 Å². The third-order valence-electron chi connectivity index (χ3n) is 3.56. The van der Waals surface area contributed by atoms with Gasteiger partial charge in [-0.25, -0.2) is 0 Å². The molecule has 0 aromatic heterocycles. The van der Waals surface area contributed by atoms with E-state index < -0.39 is 34.4 Å². The molecular formula is C18H17FN2O5. The monoisotopic (exact) mass is 360 g/mol. The van der Waals surface area contributed by atoms with E-state index in [4.69, 9.17) is 4.74 Å². The van der Waals surface area contributed by atoms with Crippen LogP contribution in [-0.4, -0.2) is 22.9 Å². The molecule has 1 atom stereocenters. The summed E-state index contributed by atoms with van der Waals surface area (Å²) in [5.41, 5.74) is 1.09. The first-order valence-electron chi connectivity index (χ1n) is 7.76. The van der Waals surface area contributed by atoms with Crippen LogP contribution in [0.3, 0.4) is 0 Å². The van der Waals surface area contributed by atoms with Crippen molar-refractivity contribution in [3.63, 3.8) is 0 Å². The molecule has 0 saturated carbocycles. The summed E-state index contributed by atoms with van der Waals surface area (Å²) in [5.74, 6) is -2.27. The van der Waals surface area contributed by atoms with E-state index in [-0.39, 0.29) is 12.1 Å². The fourth-order valence-electron chi connectivity index (χ4n) is 2.14. The van der Waals surface area contributed by atoms with Crippen LogP contribution in [0.1, 0.15) is 18.1 Å². The topological polar surface area (TPSA) is 98.5 Å². The Morgan fingerprint density at radius 1 is 1.23 bits per heavy atom. The fourth-order valence-corrected chi connectivity index (χ4v) is 2.14. The number of nitrogens with zero attached hydrogens (tertiary/aromatic N) is 1. The SMILES string of the molecule is Cc1ccc(CC(=O)O[C@H](C)C(=O)Nc2ccc(F)c([N+](=O)[O-])c2)cc1. The quantitative estimate of drug-likeness (QED) is 0.485. The second kappa shape index (κ2) is 8.19. The number of carbonyl (C=O) groups excluding carboxylic acids is 2. The number of amides is 1. The molecule has 0 unspecified atom stereocenters. The second-order valence-electron chi connectivity index (χ2n) is 5.71. The van der Waals surface area contributed by atoms with E-state index in [1.807, 2.05) is 19.1 Å². The van der Waals surface area contributed by atoms with Gasteiger partial charge in [-0.2, -0.15) is 4.39 Å². The van der Waals surface area contributed by atoms with Crippen LogP contribution in [0.2, 0.25) is 0 Å². The third-order valence-corrected chi connectivity index (χ3v) is 3.56. The van der Waals surface area contributed by atoms with Crippen LogP contribution in [0.25, 0.3) is 0 Å².